The molecule has 0 bridgehead atoms. The molecule has 0 saturated carbocycles. The summed E-state index contributed by atoms with van der Waals surface area (Å²) >= 11 is 0. The van der Waals surface area contributed by atoms with Crippen molar-refractivity contribution in [1.82, 2.24) is 0 Å². The minimum atomic E-state index is -1.67. The van der Waals surface area contributed by atoms with Gasteiger partial charge in [0.15, 0.2) is 7.69 Å². The Labute approximate surface area is 113 Å². The van der Waals surface area contributed by atoms with Crippen LogP contribution in [0.3, 0.4) is 0 Å². The maximum atomic E-state index is 9.46. The van der Waals surface area contributed by atoms with E-state index in [0.29, 0.717) is 14.3 Å². The van der Waals surface area contributed by atoms with Gasteiger partial charge in [0.1, 0.15) is 24.4 Å². The van der Waals surface area contributed by atoms with Crippen LogP contribution < -0.4 is 5.02 Å². The summed E-state index contributed by atoms with van der Waals surface area (Å²) in [5.41, 5.74) is 0. The number of rotatable bonds is 9. The summed E-state index contributed by atoms with van der Waals surface area (Å²) in [5.74, 6) is 0. The molecule has 1 radical (unpaired) electrons. The Balaban J connectivity index is 0. The maximum Gasteiger partial charge on any atom is 0.163 e. The molecule has 0 aromatic heterocycles. The summed E-state index contributed by atoms with van der Waals surface area (Å²) in [7, 11) is 0.482. The Hall–Kier alpha value is -0.255. The second kappa shape index (κ2) is 14.2. The molecule has 115 valence electrons. The number of hydrogen-bond acceptors (Lipinski definition) is 8. The topological polar surface area (TPSA) is 154 Å². The maximum absolute atomic E-state index is 9.46. The summed E-state index contributed by atoms with van der Waals surface area (Å²) in [5, 5.41) is 61.6. The Morgan fingerprint density at radius 1 is 1.00 bits per heavy atom. The van der Waals surface area contributed by atoms with Crippen LogP contribution in [-0.4, -0.2) is 82.6 Å². The van der Waals surface area contributed by atoms with E-state index in [1.54, 1.807) is 0 Å². The predicted octanol–water partition coefficient (Wildman–Crippen LogP) is -3.89. The van der Waals surface area contributed by atoms with Crippen molar-refractivity contribution in [2.45, 2.75) is 44.2 Å². The fourth-order valence-electron chi connectivity index (χ4n) is 0.947. The molecule has 6 N–H and O–H groups in total. The van der Waals surface area contributed by atoms with Gasteiger partial charge in [0.25, 0.3) is 0 Å². The summed E-state index contributed by atoms with van der Waals surface area (Å²) in [6.45, 7) is 1.17. The SMILES string of the molecule is CCCCO[B][O-].OC[C@@H](O)[C@@H](O)[C@H](O)[C@H](O)CO. The summed E-state index contributed by atoms with van der Waals surface area (Å²) in [4.78, 5) is 0. The summed E-state index contributed by atoms with van der Waals surface area (Å²) in [6, 6.07) is 0. The molecule has 0 unspecified atom stereocenters. The molecule has 0 aromatic rings. The van der Waals surface area contributed by atoms with Crippen molar-refractivity contribution in [2.24, 2.45) is 0 Å². The minimum Gasteiger partial charge on any atom is -0.861 e. The van der Waals surface area contributed by atoms with Crippen molar-refractivity contribution < 1.29 is 40.3 Å². The van der Waals surface area contributed by atoms with Gasteiger partial charge >= 0.3 is 0 Å². The summed E-state index contributed by atoms with van der Waals surface area (Å²) in [6.07, 6.45) is -4.34. The van der Waals surface area contributed by atoms with E-state index < -0.39 is 37.6 Å². The van der Waals surface area contributed by atoms with Gasteiger partial charge in [-0.25, -0.2) is 0 Å². The molecule has 9 heteroatoms. The molecule has 0 rings (SSSR count). The van der Waals surface area contributed by atoms with E-state index in [0.717, 1.165) is 12.8 Å². The molecule has 0 aliphatic rings. The summed E-state index contributed by atoms with van der Waals surface area (Å²) < 4.78 is 4.39. The molecule has 19 heavy (non-hydrogen) atoms. The van der Waals surface area contributed by atoms with Crippen LogP contribution in [0, 0.1) is 0 Å². The number of aliphatic hydroxyl groups excluding tert-OH is 6. The lowest BCUT2D eigenvalue weighted by atomic mass is 10.0. The molecule has 0 spiro atoms. The van der Waals surface area contributed by atoms with Gasteiger partial charge in [0.05, 0.1) is 13.2 Å². The van der Waals surface area contributed by atoms with Crippen molar-refractivity contribution in [2.75, 3.05) is 19.8 Å². The first-order valence-corrected chi connectivity index (χ1v) is 5.95. The van der Waals surface area contributed by atoms with E-state index in [9.17, 15) is 5.02 Å². The van der Waals surface area contributed by atoms with Gasteiger partial charge in [-0.15, -0.1) is 0 Å². The number of hydrogen-bond donors (Lipinski definition) is 6. The zero-order valence-electron chi connectivity index (χ0n) is 10.9. The standard InChI is InChI=1S/C6H14O6.C4H9BO2/c7-1-3(9)5(11)6(12)4(10)2-8;1-2-3-4-7-5-6/h3-12H,1-2H2;2-4H2,1H3/q;-1/t3-,4-,5-,6-;/m1./s1. The van der Waals surface area contributed by atoms with Crippen molar-refractivity contribution in [1.29, 1.82) is 0 Å². The molecule has 0 heterocycles. The highest BCUT2D eigenvalue weighted by molar-refractivity contribution is 6.13. The van der Waals surface area contributed by atoms with Crippen LogP contribution in [0.4, 0.5) is 0 Å². The van der Waals surface area contributed by atoms with E-state index in [4.69, 9.17) is 30.6 Å². The highest BCUT2D eigenvalue weighted by atomic mass is 16.5. The zero-order valence-corrected chi connectivity index (χ0v) is 10.9. The average Bonchev–Trinajstić information content (AvgIpc) is 2.45. The Kier molecular flexibility index (Phi) is 15.7. The van der Waals surface area contributed by atoms with Crippen LogP contribution in [0.2, 0.25) is 0 Å². The second-order valence-electron chi connectivity index (χ2n) is 3.80. The molecule has 4 atom stereocenters. The Bertz CT molecular complexity index is 167. The predicted molar refractivity (Wildman–Crippen MR) is 64.8 cm³/mol. The largest absolute Gasteiger partial charge is 0.861 e. The molecule has 0 amide bonds. The van der Waals surface area contributed by atoms with Gasteiger partial charge in [0, 0.05) is 6.61 Å². The normalized spacial score (nSPS) is 16.8. The quantitative estimate of drug-likeness (QED) is 0.185. The van der Waals surface area contributed by atoms with E-state index in [-0.39, 0.29) is 0 Å². The van der Waals surface area contributed by atoms with Gasteiger partial charge < -0.3 is 40.3 Å². The van der Waals surface area contributed by atoms with Crippen molar-refractivity contribution in [3.05, 3.63) is 0 Å². The third kappa shape index (κ3) is 11.3. The zero-order chi connectivity index (χ0) is 15.3. The van der Waals surface area contributed by atoms with Gasteiger partial charge in [-0.3, -0.25) is 0 Å². The van der Waals surface area contributed by atoms with Crippen LogP contribution in [0.15, 0.2) is 0 Å². The fraction of sp³-hybridized carbons (Fsp3) is 1.00. The second-order valence-corrected chi connectivity index (χ2v) is 3.80. The van der Waals surface area contributed by atoms with Crippen molar-refractivity contribution in [3.63, 3.8) is 0 Å². The van der Waals surface area contributed by atoms with E-state index >= 15 is 0 Å². The molecular weight excluding hydrogens is 259 g/mol. The molecule has 0 aromatic carbocycles. The monoisotopic (exact) mass is 282 g/mol. The van der Waals surface area contributed by atoms with Crippen molar-refractivity contribution in [3.8, 4) is 0 Å². The Morgan fingerprint density at radius 3 is 1.68 bits per heavy atom. The van der Waals surface area contributed by atoms with Crippen LogP contribution in [0.25, 0.3) is 0 Å². The first-order chi connectivity index (χ1) is 8.95. The Morgan fingerprint density at radius 2 is 1.42 bits per heavy atom. The molecular formula is C10H23BO8-. The smallest absolute Gasteiger partial charge is 0.163 e. The fourth-order valence-corrected chi connectivity index (χ4v) is 0.947. The lowest BCUT2D eigenvalue weighted by molar-refractivity contribution is -0.206. The van der Waals surface area contributed by atoms with Gasteiger partial charge in [-0.2, -0.15) is 0 Å². The van der Waals surface area contributed by atoms with Crippen LogP contribution >= 0.6 is 0 Å². The van der Waals surface area contributed by atoms with Crippen LogP contribution in [0.5, 0.6) is 0 Å². The lowest BCUT2D eigenvalue weighted by Gasteiger charge is -2.24. The third-order valence-electron chi connectivity index (χ3n) is 2.20. The third-order valence-corrected chi connectivity index (χ3v) is 2.20. The van der Waals surface area contributed by atoms with E-state index in [1.807, 2.05) is 6.92 Å². The molecule has 8 nitrogen and oxygen atoms in total. The highest BCUT2D eigenvalue weighted by Gasteiger charge is 2.29. The van der Waals surface area contributed by atoms with E-state index in [2.05, 4.69) is 4.65 Å². The highest BCUT2D eigenvalue weighted by Crippen LogP contribution is 2.03. The van der Waals surface area contributed by atoms with Gasteiger partial charge in [-0.1, -0.05) is 13.3 Å². The van der Waals surface area contributed by atoms with Crippen LogP contribution in [-0.2, 0) is 4.65 Å². The first-order valence-electron chi connectivity index (χ1n) is 5.95. The number of unbranched alkanes of at least 4 members (excludes halogenated alkanes) is 1. The van der Waals surface area contributed by atoms with Crippen LogP contribution in [0.1, 0.15) is 19.8 Å². The average molecular weight is 282 g/mol. The van der Waals surface area contributed by atoms with Gasteiger partial charge in [-0.05, 0) is 6.42 Å². The molecule has 0 aliphatic carbocycles. The molecule has 0 saturated heterocycles. The van der Waals surface area contributed by atoms with Gasteiger partial charge in [0.2, 0.25) is 0 Å². The minimum absolute atomic E-state index is 0.482. The molecule has 0 aliphatic heterocycles. The number of aliphatic hydroxyl groups is 6. The lowest BCUT2D eigenvalue weighted by Crippen LogP contribution is -2.46. The first kappa shape index (κ1) is 21.1. The van der Waals surface area contributed by atoms with Crippen molar-refractivity contribution >= 4 is 7.69 Å². The van der Waals surface area contributed by atoms with E-state index in [1.165, 1.54) is 0 Å². The molecule has 0 fully saturated rings.